The zero-order chi connectivity index (χ0) is 21.4. The van der Waals surface area contributed by atoms with Gasteiger partial charge in [0.15, 0.2) is 0 Å². The summed E-state index contributed by atoms with van der Waals surface area (Å²) in [4.78, 5) is 54.7. The predicted molar refractivity (Wildman–Crippen MR) is 99.5 cm³/mol. The first-order chi connectivity index (χ1) is 13.8. The van der Waals surface area contributed by atoms with Gasteiger partial charge in [-0.15, -0.1) is 0 Å². The van der Waals surface area contributed by atoms with Crippen molar-refractivity contribution in [1.82, 2.24) is 31.2 Å². The van der Waals surface area contributed by atoms with Crippen LogP contribution in [0.1, 0.15) is 25.5 Å². The van der Waals surface area contributed by atoms with Gasteiger partial charge in [-0.3, -0.25) is 19.2 Å². The van der Waals surface area contributed by atoms with Crippen LogP contribution in [0.4, 0.5) is 0 Å². The molecule has 2 rings (SSSR count). The molecule has 1 fully saturated rings. The van der Waals surface area contributed by atoms with E-state index in [1.165, 1.54) is 19.4 Å². The summed E-state index contributed by atoms with van der Waals surface area (Å²) >= 11 is 0. The summed E-state index contributed by atoms with van der Waals surface area (Å²) in [5.41, 5.74) is 0.591. The van der Waals surface area contributed by atoms with Crippen LogP contribution in [0.15, 0.2) is 12.5 Å². The second-order valence-electron chi connectivity index (χ2n) is 6.83. The monoisotopic (exact) mass is 410 g/mol. The van der Waals surface area contributed by atoms with E-state index >= 15 is 0 Å². The number of aliphatic hydroxyl groups is 1. The van der Waals surface area contributed by atoms with Gasteiger partial charge in [-0.05, 0) is 26.3 Å². The largest absolute Gasteiger partial charge is 0.480 e. The number of aromatic amines is 1. The minimum Gasteiger partial charge on any atom is -0.480 e. The molecule has 0 saturated carbocycles. The third-order valence-electron chi connectivity index (χ3n) is 4.47. The molecule has 0 aromatic carbocycles. The maximum absolute atomic E-state index is 12.8. The van der Waals surface area contributed by atoms with Crippen molar-refractivity contribution < 1.29 is 29.4 Å². The van der Waals surface area contributed by atoms with Crippen molar-refractivity contribution in [2.45, 2.75) is 50.4 Å². The SMILES string of the molecule is CC(O)C(NC(=O)C(Cc1cnc[nH]1)NC(=O)C1CCCN1)C(=O)NCC(=O)O. The molecular weight excluding hydrogens is 384 g/mol. The fourth-order valence-corrected chi connectivity index (χ4v) is 2.94. The van der Waals surface area contributed by atoms with Crippen molar-refractivity contribution in [3.05, 3.63) is 18.2 Å². The highest BCUT2D eigenvalue weighted by Gasteiger charge is 2.32. The van der Waals surface area contributed by atoms with Gasteiger partial charge in [-0.25, -0.2) is 4.98 Å². The predicted octanol–water partition coefficient (Wildman–Crippen LogP) is -2.74. The van der Waals surface area contributed by atoms with Crippen LogP contribution >= 0.6 is 0 Å². The summed E-state index contributed by atoms with van der Waals surface area (Å²) in [6.45, 7) is 1.35. The zero-order valence-electron chi connectivity index (χ0n) is 16.0. The second-order valence-corrected chi connectivity index (χ2v) is 6.83. The van der Waals surface area contributed by atoms with E-state index in [0.29, 0.717) is 18.7 Å². The van der Waals surface area contributed by atoms with Gasteiger partial charge in [-0.2, -0.15) is 0 Å². The number of amides is 3. The van der Waals surface area contributed by atoms with E-state index in [4.69, 9.17) is 5.11 Å². The Bertz CT molecular complexity index is 716. The summed E-state index contributed by atoms with van der Waals surface area (Å²) in [6, 6.07) is -2.81. The lowest BCUT2D eigenvalue weighted by molar-refractivity contribution is -0.139. The number of nitrogens with zero attached hydrogens (tertiary/aromatic N) is 1. The Morgan fingerprint density at radius 3 is 2.59 bits per heavy atom. The molecule has 1 aromatic rings. The van der Waals surface area contributed by atoms with Crippen LogP contribution in [0.2, 0.25) is 0 Å². The molecule has 2 heterocycles. The lowest BCUT2D eigenvalue weighted by Crippen LogP contribution is -2.59. The Hall–Kier alpha value is -2.99. The molecule has 4 unspecified atom stereocenters. The average Bonchev–Trinajstić information content (AvgIpc) is 3.36. The number of aromatic nitrogens is 2. The van der Waals surface area contributed by atoms with Crippen molar-refractivity contribution in [3.63, 3.8) is 0 Å². The minimum atomic E-state index is -1.38. The number of nitrogens with one attached hydrogen (secondary N) is 5. The quantitative estimate of drug-likeness (QED) is 0.216. The van der Waals surface area contributed by atoms with E-state index < -0.39 is 48.6 Å². The maximum Gasteiger partial charge on any atom is 0.322 e. The molecule has 1 aliphatic rings. The molecular formula is C17H26N6O6. The number of carboxylic acid groups (broad SMARTS) is 1. The van der Waals surface area contributed by atoms with Crippen molar-refractivity contribution in [1.29, 1.82) is 0 Å². The Kier molecular flexibility index (Phi) is 8.09. The number of hydrogen-bond acceptors (Lipinski definition) is 7. The molecule has 29 heavy (non-hydrogen) atoms. The van der Waals surface area contributed by atoms with Crippen molar-refractivity contribution in [2.75, 3.05) is 13.1 Å². The Morgan fingerprint density at radius 1 is 1.28 bits per heavy atom. The van der Waals surface area contributed by atoms with Gasteiger partial charge in [-0.1, -0.05) is 0 Å². The summed E-state index contributed by atoms with van der Waals surface area (Å²) in [5.74, 6) is -3.14. The first kappa shape index (κ1) is 22.3. The van der Waals surface area contributed by atoms with Crippen molar-refractivity contribution in [3.8, 4) is 0 Å². The molecule has 0 radical (unpaired) electrons. The van der Waals surface area contributed by atoms with Gasteiger partial charge < -0.3 is 36.5 Å². The highest BCUT2D eigenvalue weighted by Crippen LogP contribution is 2.07. The lowest BCUT2D eigenvalue weighted by atomic mass is 10.1. The molecule has 4 atom stereocenters. The molecule has 0 bridgehead atoms. The van der Waals surface area contributed by atoms with Crippen molar-refractivity contribution >= 4 is 23.7 Å². The van der Waals surface area contributed by atoms with Gasteiger partial charge in [0.25, 0.3) is 0 Å². The molecule has 7 N–H and O–H groups in total. The third-order valence-corrected chi connectivity index (χ3v) is 4.47. The number of hydrogen-bond donors (Lipinski definition) is 7. The second kappa shape index (κ2) is 10.5. The van der Waals surface area contributed by atoms with Crippen LogP contribution in [-0.2, 0) is 25.6 Å². The molecule has 1 saturated heterocycles. The smallest absolute Gasteiger partial charge is 0.322 e. The first-order valence-electron chi connectivity index (χ1n) is 9.27. The summed E-state index contributed by atoms with van der Waals surface area (Å²) in [6.07, 6.45) is 3.25. The fraction of sp³-hybridized carbons (Fsp3) is 0.588. The van der Waals surface area contributed by atoms with Crippen molar-refractivity contribution in [2.24, 2.45) is 0 Å². The number of carboxylic acids is 1. The summed E-state index contributed by atoms with van der Waals surface area (Å²) in [7, 11) is 0. The normalized spacial score (nSPS) is 19.0. The Labute approximate surface area is 166 Å². The van der Waals surface area contributed by atoms with Crippen LogP contribution < -0.4 is 21.3 Å². The van der Waals surface area contributed by atoms with E-state index in [0.717, 1.165) is 6.42 Å². The topological polar surface area (TPSA) is 186 Å². The van der Waals surface area contributed by atoms with E-state index in [2.05, 4.69) is 31.2 Å². The highest BCUT2D eigenvalue weighted by molar-refractivity contribution is 5.94. The number of carbonyl (C=O) groups is 4. The van der Waals surface area contributed by atoms with E-state index in [1.54, 1.807) is 0 Å². The van der Waals surface area contributed by atoms with E-state index in [1.807, 2.05) is 0 Å². The number of aliphatic hydroxyl groups excluding tert-OH is 1. The fourth-order valence-electron chi connectivity index (χ4n) is 2.94. The zero-order valence-corrected chi connectivity index (χ0v) is 16.0. The number of rotatable bonds is 10. The minimum absolute atomic E-state index is 0.0908. The maximum atomic E-state index is 12.8. The van der Waals surface area contributed by atoms with Crippen LogP contribution in [0.3, 0.4) is 0 Å². The number of carbonyl (C=O) groups excluding carboxylic acids is 3. The summed E-state index contributed by atoms with van der Waals surface area (Å²) in [5, 5.41) is 28.7. The number of imidazole rings is 1. The molecule has 1 aliphatic heterocycles. The standard InChI is InChI=1S/C17H26N6O6/c1-9(24)14(17(29)20-7-13(25)26)23-16(28)12(5-10-6-18-8-21-10)22-15(27)11-3-2-4-19-11/h6,8-9,11-12,14,19,24H,2-5,7H2,1H3,(H,18,21)(H,20,29)(H,22,27)(H,23,28)(H,25,26). The van der Waals surface area contributed by atoms with Gasteiger partial charge in [0.2, 0.25) is 17.7 Å². The molecule has 12 heteroatoms. The van der Waals surface area contributed by atoms with Crippen LogP contribution in [0, 0.1) is 0 Å². The number of aliphatic carboxylic acids is 1. The van der Waals surface area contributed by atoms with Gasteiger partial charge >= 0.3 is 5.97 Å². The molecule has 0 aliphatic carbocycles. The highest BCUT2D eigenvalue weighted by atomic mass is 16.4. The molecule has 0 spiro atoms. The van der Waals surface area contributed by atoms with E-state index in [9.17, 15) is 24.3 Å². The molecule has 12 nitrogen and oxygen atoms in total. The summed E-state index contributed by atoms with van der Waals surface area (Å²) < 4.78 is 0. The van der Waals surface area contributed by atoms with Gasteiger partial charge in [0, 0.05) is 18.3 Å². The molecule has 160 valence electrons. The van der Waals surface area contributed by atoms with Crippen LogP contribution in [-0.4, -0.2) is 81.2 Å². The lowest BCUT2D eigenvalue weighted by Gasteiger charge is -2.25. The van der Waals surface area contributed by atoms with Gasteiger partial charge in [0.1, 0.15) is 18.6 Å². The van der Waals surface area contributed by atoms with E-state index in [-0.39, 0.29) is 12.3 Å². The average molecular weight is 410 g/mol. The van der Waals surface area contributed by atoms with Gasteiger partial charge in [0.05, 0.1) is 18.5 Å². The first-order valence-corrected chi connectivity index (χ1v) is 9.27. The van der Waals surface area contributed by atoms with Crippen LogP contribution in [0.25, 0.3) is 0 Å². The Morgan fingerprint density at radius 2 is 2.03 bits per heavy atom. The third kappa shape index (κ3) is 6.84. The molecule has 1 aromatic heterocycles. The van der Waals surface area contributed by atoms with Crippen LogP contribution in [0.5, 0.6) is 0 Å². The Balaban J connectivity index is 2.07. The number of H-pyrrole nitrogens is 1. The molecule has 3 amide bonds.